The number of nitrogens with zero attached hydrogens (tertiary/aromatic N) is 1. The zero-order valence-corrected chi connectivity index (χ0v) is 16.8. The summed E-state index contributed by atoms with van der Waals surface area (Å²) < 4.78 is 0. The van der Waals surface area contributed by atoms with Crippen LogP contribution in [0.1, 0.15) is 103 Å². The van der Waals surface area contributed by atoms with Gasteiger partial charge in [0, 0.05) is 0 Å². The molecule has 2 nitrogen and oxygen atoms in total. The molecule has 0 amide bonds. The van der Waals surface area contributed by atoms with Crippen LogP contribution >= 0.6 is 0 Å². The van der Waals surface area contributed by atoms with E-state index < -0.39 is 0 Å². The molecule has 0 bridgehead atoms. The second kappa shape index (κ2) is 13.6. The SMILES string of the molecule is CCCCCCCCCCCCCCCC=Cc1nc2ccccc2[nH]1. The molecule has 0 aliphatic carbocycles. The van der Waals surface area contributed by atoms with Gasteiger partial charge >= 0.3 is 0 Å². The summed E-state index contributed by atoms with van der Waals surface area (Å²) in [5, 5.41) is 0. The molecule has 0 fully saturated rings. The van der Waals surface area contributed by atoms with Crippen LogP contribution < -0.4 is 0 Å². The van der Waals surface area contributed by atoms with E-state index in [-0.39, 0.29) is 0 Å². The zero-order chi connectivity index (χ0) is 18.3. The van der Waals surface area contributed by atoms with E-state index in [0.29, 0.717) is 0 Å². The van der Waals surface area contributed by atoms with Gasteiger partial charge in [0.15, 0.2) is 0 Å². The van der Waals surface area contributed by atoms with E-state index in [9.17, 15) is 0 Å². The van der Waals surface area contributed by atoms with Crippen LogP contribution in [0, 0.1) is 0 Å². The van der Waals surface area contributed by atoms with Crippen LogP contribution in [-0.4, -0.2) is 9.97 Å². The Morgan fingerprint density at radius 2 is 1.35 bits per heavy atom. The summed E-state index contributed by atoms with van der Waals surface area (Å²) in [6.07, 6.45) is 23.9. The maximum atomic E-state index is 4.57. The van der Waals surface area contributed by atoms with Crippen LogP contribution in [0.25, 0.3) is 17.1 Å². The minimum Gasteiger partial charge on any atom is -0.338 e. The lowest BCUT2D eigenvalue weighted by atomic mass is 10.0. The van der Waals surface area contributed by atoms with Crippen LogP contribution in [0.15, 0.2) is 30.3 Å². The highest BCUT2D eigenvalue weighted by Gasteiger charge is 1.97. The molecule has 0 unspecified atom stereocenters. The van der Waals surface area contributed by atoms with Gasteiger partial charge in [-0.3, -0.25) is 0 Å². The van der Waals surface area contributed by atoms with E-state index in [1.807, 2.05) is 12.1 Å². The number of H-pyrrole nitrogens is 1. The van der Waals surface area contributed by atoms with Crippen LogP contribution in [-0.2, 0) is 0 Å². The molecule has 1 aromatic heterocycles. The highest BCUT2D eigenvalue weighted by Crippen LogP contribution is 2.14. The van der Waals surface area contributed by atoms with Crippen LogP contribution in [0.5, 0.6) is 0 Å². The van der Waals surface area contributed by atoms with Crippen molar-refractivity contribution in [3.05, 3.63) is 36.2 Å². The molecule has 0 saturated heterocycles. The first-order chi connectivity index (χ1) is 12.9. The monoisotopic (exact) mass is 354 g/mol. The second-order valence-electron chi connectivity index (χ2n) is 7.57. The first-order valence-corrected chi connectivity index (χ1v) is 11.0. The number of allylic oxidation sites excluding steroid dienone is 1. The van der Waals surface area contributed by atoms with E-state index >= 15 is 0 Å². The highest BCUT2D eigenvalue weighted by atomic mass is 14.9. The maximum Gasteiger partial charge on any atom is 0.130 e. The fourth-order valence-electron chi connectivity index (χ4n) is 3.53. The predicted molar refractivity (Wildman–Crippen MR) is 115 cm³/mol. The maximum absolute atomic E-state index is 4.57. The van der Waals surface area contributed by atoms with Crippen molar-refractivity contribution in [1.82, 2.24) is 9.97 Å². The average molecular weight is 355 g/mol. The third kappa shape index (κ3) is 8.69. The van der Waals surface area contributed by atoms with Crippen molar-refractivity contribution >= 4 is 17.1 Å². The van der Waals surface area contributed by atoms with Gasteiger partial charge in [0.25, 0.3) is 0 Å². The third-order valence-electron chi connectivity index (χ3n) is 5.16. The lowest BCUT2D eigenvalue weighted by molar-refractivity contribution is 0.540. The molecule has 0 saturated carbocycles. The van der Waals surface area contributed by atoms with Crippen molar-refractivity contribution in [3.63, 3.8) is 0 Å². The molecule has 0 atom stereocenters. The van der Waals surface area contributed by atoms with Crippen molar-refractivity contribution in [2.75, 3.05) is 0 Å². The third-order valence-corrected chi connectivity index (χ3v) is 5.16. The number of aromatic amines is 1. The topological polar surface area (TPSA) is 28.7 Å². The summed E-state index contributed by atoms with van der Waals surface area (Å²) in [5.74, 6) is 0.973. The Labute approximate surface area is 160 Å². The Balaban J connectivity index is 1.39. The lowest BCUT2D eigenvalue weighted by Crippen LogP contribution is -1.82. The quantitative estimate of drug-likeness (QED) is 0.322. The normalized spacial score (nSPS) is 11.7. The van der Waals surface area contributed by atoms with E-state index in [1.54, 1.807) is 0 Å². The summed E-state index contributed by atoms with van der Waals surface area (Å²) in [5.41, 5.74) is 2.17. The molecule has 1 aromatic carbocycles. The molecule has 26 heavy (non-hydrogen) atoms. The minimum absolute atomic E-state index is 0.973. The molecular formula is C24H38N2. The summed E-state index contributed by atoms with van der Waals surface area (Å²) in [6.45, 7) is 2.29. The van der Waals surface area contributed by atoms with Gasteiger partial charge in [-0.1, -0.05) is 102 Å². The van der Waals surface area contributed by atoms with Crippen LogP contribution in [0.4, 0.5) is 0 Å². The fraction of sp³-hybridized carbons (Fsp3) is 0.625. The van der Waals surface area contributed by atoms with E-state index in [1.165, 1.54) is 83.5 Å². The minimum atomic E-state index is 0.973. The fourth-order valence-corrected chi connectivity index (χ4v) is 3.53. The lowest BCUT2D eigenvalue weighted by Gasteiger charge is -2.02. The standard InChI is InChI=1S/C24H38N2/c1-2-3-4-5-6-7-8-9-10-11-12-13-14-15-16-21-24-25-22-19-17-18-20-23(22)26-24/h16-21H,2-15H2,1H3,(H,25,26). The summed E-state index contributed by atoms with van der Waals surface area (Å²) in [6, 6.07) is 8.20. The Bertz CT molecular complexity index is 578. The number of rotatable bonds is 15. The molecule has 2 aromatic rings. The van der Waals surface area contributed by atoms with E-state index in [2.05, 4.69) is 41.2 Å². The molecule has 0 spiro atoms. The number of imidazole rings is 1. The second-order valence-corrected chi connectivity index (χ2v) is 7.57. The number of aromatic nitrogens is 2. The summed E-state index contributed by atoms with van der Waals surface area (Å²) >= 11 is 0. The molecule has 2 heteroatoms. The Morgan fingerprint density at radius 1 is 0.769 bits per heavy atom. The molecule has 1 heterocycles. The Hall–Kier alpha value is -1.57. The van der Waals surface area contributed by atoms with Gasteiger partial charge in [0.2, 0.25) is 0 Å². The van der Waals surface area contributed by atoms with E-state index in [4.69, 9.17) is 0 Å². The van der Waals surface area contributed by atoms with Crippen molar-refractivity contribution < 1.29 is 0 Å². The van der Waals surface area contributed by atoms with Crippen molar-refractivity contribution in [1.29, 1.82) is 0 Å². The Morgan fingerprint density at radius 3 is 1.96 bits per heavy atom. The molecular weight excluding hydrogens is 316 g/mol. The number of benzene rings is 1. The largest absolute Gasteiger partial charge is 0.338 e. The van der Waals surface area contributed by atoms with Gasteiger partial charge in [0.1, 0.15) is 5.82 Å². The molecule has 0 aliphatic rings. The van der Waals surface area contributed by atoms with Crippen LogP contribution in [0.2, 0.25) is 0 Å². The number of unbranched alkanes of at least 4 members (excludes halogenated alkanes) is 13. The zero-order valence-electron chi connectivity index (χ0n) is 16.8. The molecule has 0 radical (unpaired) electrons. The van der Waals surface area contributed by atoms with E-state index in [0.717, 1.165) is 23.3 Å². The average Bonchev–Trinajstić information content (AvgIpc) is 3.07. The predicted octanol–water partition coefficient (Wildman–Crippen LogP) is 8.06. The number of fused-ring (bicyclic) bond motifs is 1. The smallest absolute Gasteiger partial charge is 0.130 e. The first kappa shape index (κ1) is 20.7. The van der Waals surface area contributed by atoms with Crippen molar-refractivity contribution in [3.8, 4) is 0 Å². The van der Waals surface area contributed by atoms with Gasteiger partial charge in [-0.15, -0.1) is 0 Å². The number of hydrogen-bond acceptors (Lipinski definition) is 1. The summed E-state index contributed by atoms with van der Waals surface area (Å²) in [4.78, 5) is 7.92. The summed E-state index contributed by atoms with van der Waals surface area (Å²) in [7, 11) is 0. The molecule has 2 rings (SSSR count). The van der Waals surface area contributed by atoms with Gasteiger partial charge in [-0.2, -0.15) is 0 Å². The van der Waals surface area contributed by atoms with Crippen LogP contribution in [0.3, 0.4) is 0 Å². The first-order valence-electron chi connectivity index (χ1n) is 11.0. The number of para-hydroxylation sites is 2. The Kier molecular flexibility index (Phi) is 10.9. The van der Waals surface area contributed by atoms with Gasteiger partial charge in [-0.05, 0) is 31.1 Å². The van der Waals surface area contributed by atoms with Gasteiger partial charge in [-0.25, -0.2) is 4.98 Å². The highest BCUT2D eigenvalue weighted by molar-refractivity contribution is 5.76. The van der Waals surface area contributed by atoms with Crippen molar-refractivity contribution in [2.45, 2.75) is 96.8 Å². The van der Waals surface area contributed by atoms with Gasteiger partial charge in [0.05, 0.1) is 11.0 Å². The molecule has 144 valence electrons. The number of nitrogens with one attached hydrogen (secondary N) is 1. The number of hydrogen-bond donors (Lipinski definition) is 1. The molecule has 0 aliphatic heterocycles. The molecule has 1 N–H and O–H groups in total. The van der Waals surface area contributed by atoms with Crippen molar-refractivity contribution in [2.24, 2.45) is 0 Å². The van der Waals surface area contributed by atoms with Gasteiger partial charge < -0.3 is 4.98 Å².